The van der Waals surface area contributed by atoms with Crippen molar-refractivity contribution in [2.24, 2.45) is 5.92 Å². The van der Waals surface area contributed by atoms with Gasteiger partial charge in [-0.15, -0.1) is 0 Å². The van der Waals surface area contributed by atoms with Crippen molar-refractivity contribution in [3.05, 3.63) is 83.9 Å². The molecule has 0 aliphatic heterocycles. The first-order valence-electron chi connectivity index (χ1n) is 9.25. The summed E-state index contributed by atoms with van der Waals surface area (Å²) in [6.45, 7) is 1.51. The van der Waals surface area contributed by atoms with Gasteiger partial charge in [0, 0.05) is 6.92 Å². The zero-order valence-electron chi connectivity index (χ0n) is 16.3. The van der Waals surface area contributed by atoms with E-state index in [9.17, 15) is 14.4 Å². The van der Waals surface area contributed by atoms with Crippen LogP contribution in [0.2, 0.25) is 0 Å². The number of benzene rings is 2. The predicted molar refractivity (Wildman–Crippen MR) is 106 cm³/mol. The summed E-state index contributed by atoms with van der Waals surface area (Å²) in [5, 5.41) is 0. The van der Waals surface area contributed by atoms with Gasteiger partial charge < -0.3 is 14.2 Å². The van der Waals surface area contributed by atoms with Gasteiger partial charge in [0.25, 0.3) is 0 Å². The molecule has 0 aliphatic rings. The highest BCUT2D eigenvalue weighted by molar-refractivity contribution is 5.95. The number of allylic oxidation sites excluding steroid dienone is 1. The smallest absolute Gasteiger partial charge is 0.320 e. The van der Waals surface area contributed by atoms with Gasteiger partial charge in [0.05, 0.1) is 0 Å². The maximum atomic E-state index is 12.5. The van der Waals surface area contributed by atoms with Crippen LogP contribution in [-0.4, -0.2) is 24.5 Å². The SMILES string of the molecule is CC(=O)OC/C=C/CC(C(=O)OCc1ccccc1)C(=O)OCc1ccccc1. The molecule has 152 valence electrons. The maximum Gasteiger partial charge on any atom is 0.320 e. The van der Waals surface area contributed by atoms with Gasteiger partial charge in [-0.1, -0.05) is 72.8 Å². The lowest BCUT2D eigenvalue weighted by Crippen LogP contribution is -2.27. The van der Waals surface area contributed by atoms with Gasteiger partial charge >= 0.3 is 17.9 Å². The molecule has 6 heteroatoms. The molecule has 2 aromatic carbocycles. The average Bonchev–Trinajstić information content (AvgIpc) is 2.74. The molecule has 0 N–H and O–H groups in total. The Kier molecular flexibility index (Phi) is 9.15. The summed E-state index contributed by atoms with van der Waals surface area (Å²) in [6, 6.07) is 18.4. The van der Waals surface area contributed by atoms with E-state index in [2.05, 4.69) is 0 Å². The second-order valence-electron chi connectivity index (χ2n) is 6.25. The van der Waals surface area contributed by atoms with Crippen LogP contribution in [0.25, 0.3) is 0 Å². The first-order chi connectivity index (χ1) is 14.1. The molecular weight excluding hydrogens is 372 g/mol. The number of carbonyl (C=O) groups excluding carboxylic acids is 3. The molecule has 0 atom stereocenters. The summed E-state index contributed by atoms with van der Waals surface area (Å²) < 4.78 is 15.4. The molecule has 0 aliphatic carbocycles. The second kappa shape index (κ2) is 12.1. The number of rotatable bonds is 10. The highest BCUT2D eigenvalue weighted by Crippen LogP contribution is 2.14. The van der Waals surface area contributed by atoms with Gasteiger partial charge in [0.1, 0.15) is 19.8 Å². The van der Waals surface area contributed by atoms with Crippen molar-refractivity contribution < 1.29 is 28.6 Å². The van der Waals surface area contributed by atoms with Crippen molar-refractivity contribution in [3.63, 3.8) is 0 Å². The first-order valence-corrected chi connectivity index (χ1v) is 9.25. The minimum Gasteiger partial charge on any atom is -0.462 e. The lowest BCUT2D eigenvalue weighted by Gasteiger charge is -2.14. The minimum atomic E-state index is -1.10. The molecule has 2 rings (SSSR count). The molecule has 0 radical (unpaired) electrons. The molecule has 0 heterocycles. The molecule has 6 nitrogen and oxygen atoms in total. The van der Waals surface area contributed by atoms with Crippen molar-refractivity contribution in [1.82, 2.24) is 0 Å². The molecule has 0 amide bonds. The van der Waals surface area contributed by atoms with E-state index in [1.807, 2.05) is 60.7 Å². The fourth-order valence-electron chi connectivity index (χ4n) is 2.41. The fraction of sp³-hybridized carbons (Fsp3) is 0.261. The maximum absolute atomic E-state index is 12.5. The minimum absolute atomic E-state index is 0.0688. The molecule has 0 unspecified atom stereocenters. The standard InChI is InChI=1S/C23H24O6/c1-18(24)27-15-9-8-14-21(22(25)28-16-19-10-4-2-5-11-19)23(26)29-17-20-12-6-3-7-13-20/h2-13,21H,14-17H2,1H3/b9-8+. The van der Waals surface area contributed by atoms with Crippen LogP contribution in [0.4, 0.5) is 0 Å². The molecule has 0 spiro atoms. The molecule has 0 fully saturated rings. The van der Waals surface area contributed by atoms with Crippen LogP contribution in [0.15, 0.2) is 72.8 Å². The topological polar surface area (TPSA) is 78.9 Å². The highest BCUT2D eigenvalue weighted by Gasteiger charge is 2.28. The monoisotopic (exact) mass is 396 g/mol. The summed E-state index contributed by atoms with van der Waals surface area (Å²) in [5.41, 5.74) is 1.64. The van der Waals surface area contributed by atoms with Crippen LogP contribution in [0.1, 0.15) is 24.5 Å². The van der Waals surface area contributed by atoms with Crippen molar-refractivity contribution in [2.45, 2.75) is 26.6 Å². The van der Waals surface area contributed by atoms with Crippen molar-refractivity contribution in [1.29, 1.82) is 0 Å². The molecule has 0 saturated carbocycles. The highest BCUT2D eigenvalue weighted by atomic mass is 16.6. The van der Waals surface area contributed by atoms with Gasteiger partial charge in [-0.05, 0) is 17.5 Å². The van der Waals surface area contributed by atoms with E-state index in [1.54, 1.807) is 12.2 Å². The Bertz CT molecular complexity index is 758. The Morgan fingerprint density at radius 3 is 1.69 bits per heavy atom. The Hall–Kier alpha value is -3.41. The third-order valence-electron chi connectivity index (χ3n) is 3.94. The summed E-state index contributed by atoms with van der Waals surface area (Å²) in [7, 11) is 0. The molecule has 0 aromatic heterocycles. The lowest BCUT2D eigenvalue weighted by atomic mass is 10.1. The van der Waals surface area contributed by atoms with Gasteiger partial charge in [-0.25, -0.2) is 0 Å². The van der Waals surface area contributed by atoms with E-state index < -0.39 is 23.8 Å². The number of ether oxygens (including phenoxy) is 3. The zero-order chi connectivity index (χ0) is 20.9. The van der Waals surface area contributed by atoms with E-state index in [1.165, 1.54) is 6.92 Å². The van der Waals surface area contributed by atoms with E-state index in [-0.39, 0.29) is 26.2 Å². The second-order valence-corrected chi connectivity index (χ2v) is 6.25. The molecule has 29 heavy (non-hydrogen) atoms. The Morgan fingerprint density at radius 2 is 1.24 bits per heavy atom. The van der Waals surface area contributed by atoms with Crippen LogP contribution in [0.5, 0.6) is 0 Å². The molecular formula is C23H24O6. The molecule has 0 bridgehead atoms. The van der Waals surface area contributed by atoms with Gasteiger partial charge in [-0.2, -0.15) is 0 Å². The van der Waals surface area contributed by atoms with E-state index in [0.717, 1.165) is 11.1 Å². The van der Waals surface area contributed by atoms with Crippen LogP contribution in [-0.2, 0) is 41.8 Å². The van der Waals surface area contributed by atoms with Crippen molar-refractivity contribution >= 4 is 17.9 Å². The Balaban J connectivity index is 1.95. The Morgan fingerprint density at radius 1 is 0.759 bits per heavy atom. The van der Waals surface area contributed by atoms with E-state index in [4.69, 9.17) is 14.2 Å². The van der Waals surface area contributed by atoms with Crippen molar-refractivity contribution in [2.75, 3.05) is 6.61 Å². The number of hydrogen-bond donors (Lipinski definition) is 0. The molecule has 2 aromatic rings. The summed E-state index contributed by atoms with van der Waals surface area (Å²) in [4.78, 5) is 35.8. The van der Waals surface area contributed by atoms with Crippen LogP contribution >= 0.6 is 0 Å². The first kappa shape index (κ1) is 21.9. The summed E-state index contributed by atoms with van der Waals surface area (Å²) in [6.07, 6.45) is 3.26. The van der Waals surface area contributed by atoms with Crippen molar-refractivity contribution in [3.8, 4) is 0 Å². The normalized spacial score (nSPS) is 10.7. The average molecular weight is 396 g/mol. The third-order valence-corrected chi connectivity index (χ3v) is 3.94. The summed E-state index contributed by atoms with van der Waals surface area (Å²) >= 11 is 0. The van der Waals surface area contributed by atoms with Gasteiger partial charge in [0.2, 0.25) is 0 Å². The van der Waals surface area contributed by atoms with Gasteiger partial charge in [0.15, 0.2) is 5.92 Å². The van der Waals surface area contributed by atoms with E-state index >= 15 is 0 Å². The largest absolute Gasteiger partial charge is 0.462 e. The molecule has 0 saturated heterocycles. The fourth-order valence-corrected chi connectivity index (χ4v) is 2.41. The third kappa shape index (κ3) is 8.43. The number of esters is 3. The van der Waals surface area contributed by atoms with Crippen LogP contribution in [0, 0.1) is 5.92 Å². The quantitative estimate of drug-likeness (QED) is 0.264. The summed E-state index contributed by atoms with van der Waals surface area (Å²) in [5.74, 6) is -2.83. The van der Waals surface area contributed by atoms with Crippen LogP contribution < -0.4 is 0 Å². The zero-order valence-corrected chi connectivity index (χ0v) is 16.3. The lowest BCUT2D eigenvalue weighted by molar-refractivity contribution is -0.163. The number of hydrogen-bond acceptors (Lipinski definition) is 6. The predicted octanol–water partition coefficient (Wildman–Crippen LogP) is 3.60. The van der Waals surface area contributed by atoms with Gasteiger partial charge in [-0.3, -0.25) is 14.4 Å². The Labute approximate surface area is 170 Å². The number of carbonyl (C=O) groups is 3. The van der Waals surface area contributed by atoms with Crippen LogP contribution in [0.3, 0.4) is 0 Å². The van der Waals surface area contributed by atoms with E-state index in [0.29, 0.717) is 0 Å².